The molecule has 0 spiro atoms. The van der Waals surface area contributed by atoms with Gasteiger partial charge >= 0.3 is 0 Å². The Balaban J connectivity index is 1.36. The molecule has 0 saturated carbocycles. The Bertz CT molecular complexity index is 1070. The summed E-state index contributed by atoms with van der Waals surface area (Å²) in [7, 11) is 3.79. The summed E-state index contributed by atoms with van der Waals surface area (Å²) in [5.41, 5.74) is 1.44. The molecule has 2 heterocycles. The number of ether oxygens (including phenoxy) is 1. The molecule has 34 heavy (non-hydrogen) atoms. The first-order chi connectivity index (χ1) is 16.6. The first-order valence-corrected chi connectivity index (χ1v) is 11.9. The Labute approximate surface area is 201 Å². The van der Waals surface area contributed by atoms with Crippen LogP contribution in [0.3, 0.4) is 0 Å². The molecule has 0 radical (unpaired) electrons. The second kappa shape index (κ2) is 11.7. The van der Waals surface area contributed by atoms with Gasteiger partial charge in [0.05, 0.1) is 12.2 Å². The third-order valence-corrected chi connectivity index (χ3v) is 6.17. The Hall–Kier alpha value is -3.29. The minimum Gasteiger partial charge on any atom is -0.457 e. The standard InChI is InChI=1S/C27H33N5O2/c1-28-15-18-32-16-12-21(13-17-32)26-29-14-11-23(30-26)20-31(2)27(33)22-7-6-10-25(19-22)34-24-8-4-3-5-9-24/h3-11,14,19,21,28H,12-13,15-18,20H2,1-2H3. The third kappa shape index (κ3) is 6.40. The van der Waals surface area contributed by atoms with E-state index in [9.17, 15) is 4.79 Å². The van der Waals surface area contributed by atoms with Crippen molar-refractivity contribution in [3.63, 3.8) is 0 Å². The third-order valence-electron chi connectivity index (χ3n) is 6.17. The van der Waals surface area contributed by atoms with Crippen molar-refractivity contribution in [3.05, 3.63) is 83.9 Å². The molecule has 1 amide bonds. The number of benzene rings is 2. The van der Waals surface area contributed by atoms with Crippen LogP contribution >= 0.6 is 0 Å². The van der Waals surface area contributed by atoms with Gasteiger partial charge in [-0.25, -0.2) is 9.97 Å². The topological polar surface area (TPSA) is 70.6 Å². The molecule has 0 bridgehead atoms. The summed E-state index contributed by atoms with van der Waals surface area (Å²) in [6, 6.07) is 18.7. The molecule has 7 nitrogen and oxygen atoms in total. The van der Waals surface area contributed by atoms with Gasteiger partial charge in [0, 0.05) is 37.8 Å². The first kappa shape index (κ1) is 23.9. The van der Waals surface area contributed by atoms with Crippen LogP contribution in [-0.4, -0.2) is 65.9 Å². The lowest BCUT2D eigenvalue weighted by molar-refractivity contribution is 0.0783. The summed E-state index contributed by atoms with van der Waals surface area (Å²) in [4.78, 5) is 26.6. The molecule has 1 aliphatic rings. The van der Waals surface area contributed by atoms with Gasteiger partial charge in [0.15, 0.2) is 0 Å². The summed E-state index contributed by atoms with van der Waals surface area (Å²) < 4.78 is 5.88. The molecule has 4 rings (SSSR count). The maximum atomic E-state index is 13.1. The van der Waals surface area contributed by atoms with Gasteiger partial charge in [0.1, 0.15) is 17.3 Å². The normalized spacial score (nSPS) is 14.6. The van der Waals surface area contributed by atoms with Crippen molar-refractivity contribution in [2.45, 2.75) is 25.3 Å². The molecule has 2 aromatic carbocycles. The molecule has 0 atom stereocenters. The number of hydrogen-bond donors (Lipinski definition) is 1. The molecular formula is C27H33N5O2. The van der Waals surface area contributed by atoms with Crippen molar-refractivity contribution in [2.75, 3.05) is 40.3 Å². The smallest absolute Gasteiger partial charge is 0.254 e. The lowest BCUT2D eigenvalue weighted by atomic mass is 9.96. The van der Waals surface area contributed by atoms with Crippen LogP contribution < -0.4 is 10.1 Å². The van der Waals surface area contributed by atoms with Crippen molar-refractivity contribution in [1.29, 1.82) is 0 Å². The number of para-hydroxylation sites is 1. The van der Waals surface area contributed by atoms with Crippen LogP contribution in [-0.2, 0) is 6.54 Å². The van der Waals surface area contributed by atoms with Crippen LogP contribution in [0.5, 0.6) is 11.5 Å². The van der Waals surface area contributed by atoms with Gasteiger partial charge < -0.3 is 19.9 Å². The Morgan fingerprint density at radius 1 is 1.09 bits per heavy atom. The van der Waals surface area contributed by atoms with E-state index < -0.39 is 0 Å². The van der Waals surface area contributed by atoms with E-state index >= 15 is 0 Å². The van der Waals surface area contributed by atoms with E-state index in [1.165, 1.54) is 0 Å². The van der Waals surface area contributed by atoms with Gasteiger partial charge in [-0.15, -0.1) is 0 Å². The van der Waals surface area contributed by atoms with Crippen LogP contribution in [0.25, 0.3) is 0 Å². The van der Waals surface area contributed by atoms with Gasteiger partial charge in [-0.2, -0.15) is 0 Å². The van der Waals surface area contributed by atoms with E-state index in [0.717, 1.165) is 56.3 Å². The highest BCUT2D eigenvalue weighted by Gasteiger charge is 2.23. The van der Waals surface area contributed by atoms with E-state index in [-0.39, 0.29) is 5.91 Å². The molecule has 3 aromatic rings. The van der Waals surface area contributed by atoms with Crippen LogP contribution in [0.1, 0.15) is 40.6 Å². The summed E-state index contributed by atoms with van der Waals surface area (Å²) in [5.74, 6) is 2.57. The van der Waals surface area contributed by atoms with Gasteiger partial charge in [-0.1, -0.05) is 24.3 Å². The first-order valence-electron chi connectivity index (χ1n) is 11.9. The zero-order valence-electron chi connectivity index (χ0n) is 20.0. The fourth-order valence-corrected chi connectivity index (χ4v) is 4.23. The predicted octanol–water partition coefficient (Wildman–Crippen LogP) is 3.94. The minimum atomic E-state index is -0.0727. The maximum absolute atomic E-state index is 13.1. The molecule has 1 aliphatic heterocycles. The molecule has 1 aromatic heterocycles. The van der Waals surface area contributed by atoms with Gasteiger partial charge in [0.25, 0.3) is 5.91 Å². The fraction of sp³-hybridized carbons (Fsp3) is 0.370. The minimum absolute atomic E-state index is 0.0727. The number of piperidine rings is 1. The number of carbonyl (C=O) groups excluding carboxylic acids is 1. The quantitative estimate of drug-likeness (QED) is 0.523. The van der Waals surface area contributed by atoms with Crippen molar-refractivity contribution < 1.29 is 9.53 Å². The molecule has 1 fully saturated rings. The molecule has 1 N–H and O–H groups in total. The van der Waals surface area contributed by atoms with Crippen LogP contribution in [0.2, 0.25) is 0 Å². The van der Waals surface area contributed by atoms with Crippen molar-refractivity contribution >= 4 is 5.91 Å². The van der Waals surface area contributed by atoms with Gasteiger partial charge in [0.2, 0.25) is 0 Å². The number of amides is 1. The molecule has 178 valence electrons. The SMILES string of the molecule is CNCCN1CCC(c2nccc(CN(C)C(=O)c3cccc(Oc4ccccc4)c3)n2)CC1. The highest BCUT2D eigenvalue weighted by molar-refractivity contribution is 5.94. The number of rotatable bonds is 9. The van der Waals surface area contributed by atoms with E-state index in [0.29, 0.717) is 23.8 Å². The molecule has 0 aliphatic carbocycles. The maximum Gasteiger partial charge on any atom is 0.254 e. The van der Waals surface area contributed by atoms with Crippen molar-refractivity contribution in [2.24, 2.45) is 0 Å². The monoisotopic (exact) mass is 459 g/mol. The number of aromatic nitrogens is 2. The fourth-order valence-electron chi connectivity index (χ4n) is 4.23. The highest BCUT2D eigenvalue weighted by atomic mass is 16.5. The zero-order valence-corrected chi connectivity index (χ0v) is 20.0. The van der Waals surface area contributed by atoms with E-state index in [1.807, 2.05) is 67.8 Å². The number of hydrogen-bond acceptors (Lipinski definition) is 6. The second-order valence-electron chi connectivity index (χ2n) is 8.73. The van der Waals surface area contributed by atoms with Gasteiger partial charge in [-0.05, 0) is 69.4 Å². The second-order valence-corrected chi connectivity index (χ2v) is 8.73. The number of carbonyl (C=O) groups is 1. The average Bonchev–Trinajstić information content (AvgIpc) is 2.88. The molecule has 7 heteroatoms. The van der Waals surface area contributed by atoms with Crippen LogP contribution in [0, 0.1) is 0 Å². The Morgan fingerprint density at radius 2 is 1.85 bits per heavy atom. The van der Waals surface area contributed by atoms with E-state index in [2.05, 4.69) is 15.2 Å². The summed E-state index contributed by atoms with van der Waals surface area (Å²) in [6.45, 7) is 4.66. The van der Waals surface area contributed by atoms with Gasteiger partial charge in [-0.3, -0.25) is 4.79 Å². The average molecular weight is 460 g/mol. The number of likely N-dealkylation sites (N-methyl/N-ethyl adjacent to an activating group) is 1. The molecule has 1 saturated heterocycles. The summed E-state index contributed by atoms with van der Waals surface area (Å²) >= 11 is 0. The van der Waals surface area contributed by atoms with Crippen molar-refractivity contribution in [1.82, 2.24) is 25.1 Å². The largest absolute Gasteiger partial charge is 0.457 e. The van der Waals surface area contributed by atoms with E-state index in [4.69, 9.17) is 9.72 Å². The summed E-state index contributed by atoms with van der Waals surface area (Å²) in [6.07, 6.45) is 3.95. The highest BCUT2D eigenvalue weighted by Crippen LogP contribution is 2.26. The van der Waals surface area contributed by atoms with Crippen LogP contribution in [0.4, 0.5) is 0 Å². The Morgan fingerprint density at radius 3 is 2.62 bits per heavy atom. The number of nitrogens with zero attached hydrogens (tertiary/aromatic N) is 4. The summed E-state index contributed by atoms with van der Waals surface area (Å²) in [5, 5.41) is 3.21. The zero-order chi connectivity index (χ0) is 23.8. The Kier molecular flexibility index (Phi) is 8.22. The number of nitrogens with one attached hydrogen (secondary N) is 1. The lowest BCUT2D eigenvalue weighted by Gasteiger charge is -2.31. The van der Waals surface area contributed by atoms with Crippen LogP contribution in [0.15, 0.2) is 66.9 Å². The molecule has 0 unspecified atom stereocenters. The predicted molar refractivity (Wildman–Crippen MR) is 133 cm³/mol. The van der Waals surface area contributed by atoms with E-state index in [1.54, 1.807) is 18.0 Å². The lowest BCUT2D eigenvalue weighted by Crippen LogP contribution is -2.37. The number of likely N-dealkylation sites (tertiary alicyclic amines) is 1. The molecular weight excluding hydrogens is 426 g/mol. The van der Waals surface area contributed by atoms with Crippen molar-refractivity contribution in [3.8, 4) is 11.5 Å².